The third-order valence-corrected chi connectivity index (χ3v) is 4.49. The minimum absolute atomic E-state index is 0.00501. The monoisotopic (exact) mass is 454 g/mol. The van der Waals surface area contributed by atoms with Crippen molar-refractivity contribution >= 4 is 29.1 Å². The number of carbonyl (C=O) groups is 2. The Hall–Kier alpha value is -3.40. The van der Waals surface area contributed by atoms with E-state index in [1.807, 2.05) is 0 Å². The van der Waals surface area contributed by atoms with Crippen molar-refractivity contribution in [3.05, 3.63) is 76.8 Å². The normalized spacial score (nSPS) is 11.3. The topological polar surface area (TPSA) is 67.2 Å². The molecule has 0 unspecified atom stereocenters. The summed E-state index contributed by atoms with van der Waals surface area (Å²) in [6.45, 7) is -0.435. The summed E-state index contributed by atoms with van der Waals surface area (Å²) in [7, 11) is 1.34. The van der Waals surface area contributed by atoms with Gasteiger partial charge in [-0.3, -0.25) is 9.59 Å². The summed E-state index contributed by atoms with van der Waals surface area (Å²) in [5, 5.41) is 5.87. The van der Waals surface area contributed by atoms with Crippen molar-refractivity contribution in [3.8, 4) is 5.69 Å². The molecule has 0 fully saturated rings. The molecule has 0 aliphatic rings. The van der Waals surface area contributed by atoms with Gasteiger partial charge in [-0.2, -0.15) is 18.3 Å². The first-order valence-electron chi connectivity index (χ1n) is 8.78. The van der Waals surface area contributed by atoms with E-state index in [-0.39, 0.29) is 11.4 Å². The summed E-state index contributed by atoms with van der Waals surface area (Å²) in [6, 6.07) is 9.95. The molecule has 0 aliphatic carbocycles. The molecule has 6 nitrogen and oxygen atoms in total. The smallest absolute Gasteiger partial charge is 0.331 e. The van der Waals surface area contributed by atoms with Crippen molar-refractivity contribution in [2.24, 2.45) is 0 Å². The minimum atomic E-state index is -4.68. The van der Waals surface area contributed by atoms with Gasteiger partial charge in [0, 0.05) is 18.9 Å². The molecule has 3 aromatic rings. The number of nitrogens with one attached hydrogen (secondary N) is 1. The largest absolute Gasteiger partial charge is 0.417 e. The van der Waals surface area contributed by atoms with Crippen LogP contribution in [0.5, 0.6) is 0 Å². The van der Waals surface area contributed by atoms with E-state index < -0.39 is 40.9 Å². The maximum atomic E-state index is 13.4. The molecule has 1 N–H and O–H groups in total. The van der Waals surface area contributed by atoms with Gasteiger partial charge in [0.15, 0.2) is 5.69 Å². The lowest BCUT2D eigenvalue weighted by Gasteiger charge is -2.16. The third-order valence-electron chi connectivity index (χ3n) is 4.16. The Morgan fingerprint density at radius 2 is 1.90 bits per heavy atom. The number of amides is 2. The summed E-state index contributed by atoms with van der Waals surface area (Å²) >= 11 is 5.55. The second kappa shape index (κ2) is 8.76. The Morgan fingerprint density at radius 1 is 1.16 bits per heavy atom. The molecule has 2 aromatic carbocycles. The molecule has 31 heavy (non-hydrogen) atoms. The average Bonchev–Trinajstić information content (AvgIpc) is 3.18. The summed E-state index contributed by atoms with van der Waals surface area (Å²) in [5.74, 6) is -1.78. The van der Waals surface area contributed by atoms with Gasteiger partial charge in [-0.05, 0) is 42.5 Å². The van der Waals surface area contributed by atoms with Crippen LogP contribution in [0, 0.1) is 5.82 Å². The van der Waals surface area contributed by atoms with Crippen molar-refractivity contribution in [2.75, 3.05) is 18.9 Å². The van der Waals surface area contributed by atoms with Crippen LogP contribution in [0.3, 0.4) is 0 Å². The molecule has 0 atom stereocenters. The fraction of sp³-hybridized carbons (Fsp3) is 0.150. The van der Waals surface area contributed by atoms with Crippen molar-refractivity contribution in [1.82, 2.24) is 14.7 Å². The zero-order valence-corrected chi connectivity index (χ0v) is 16.7. The average molecular weight is 455 g/mol. The first-order chi connectivity index (χ1) is 14.5. The molecule has 0 spiro atoms. The number of halogens is 5. The summed E-state index contributed by atoms with van der Waals surface area (Å²) in [6.07, 6.45) is -3.21. The number of likely N-dealkylation sites (N-methyl/N-ethyl adjacent to an activating group) is 1. The molecule has 0 aliphatic heterocycles. The van der Waals surface area contributed by atoms with E-state index in [1.165, 1.54) is 48.3 Å². The fourth-order valence-corrected chi connectivity index (χ4v) is 2.93. The van der Waals surface area contributed by atoms with E-state index >= 15 is 0 Å². The number of carbonyl (C=O) groups excluding carboxylic acids is 2. The summed E-state index contributed by atoms with van der Waals surface area (Å²) < 4.78 is 53.5. The molecular weight excluding hydrogens is 440 g/mol. The van der Waals surface area contributed by atoms with E-state index in [2.05, 4.69) is 10.4 Å². The lowest BCUT2D eigenvalue weighted by molar-refractivity contribution is -0.137. The van der Waals surface area contributed by atoms with Gasteiger partial charge in [0.2, 0.25) is 5.91 Å². The lowest BCUT2D eigenvalue weighted by atomic mass is 10.2. The van der Waals surface area contributed by atoms with Crippen LogP contribution < -0.4 is 5.32 Å². The Bertz CT molecular complexity index is 1130. The minimum Gasteiger partial charge on any atom is -0.331 e. The van der Waals surface area contributed by atoms with Gasteiger partial charge in [0.05, 0.1) is 22.8 Å². The van der Waals surface area contributed by atoms with Gasteiger partial charge in [0.1, 0.15) is 5.82 Å². The molecule has 2 amide bonds. The van der Waals surface area contributed by atoms with E-state index in [1.54, 1.807) is 6.07 Å². The Labute approximate surface area is 179 Å². The maximum Gasteiger partial charge on any atom is 0.417 e. The van der Waals surface area contributed by atoms with E-state index in [4.69, 9.17) is 11.6 Å². The van der Waals surface area contributed by atoms with Crippen LogP contribution in [-0.2, 0) is 11.0 Å². The molecule has 0 bridgehead atoms. The van der Waals surface area contributed by atoms with E-state index in [9.17, 15) is 27.2 Å². The first-order valence-corrected chi connectivity index (χ1v) is 9.16. The fourth-order valence-electron chi connectivity index (χ4n) is 2.70. The highest BCUT2D eigenvalue weighted by molar-refractivity contribution is 6.31. The van der Waals surface area contributed by atoms with Crippen molar-refractivity contribution in [3.63, 3.8) is 0 Å². The number of alkyl halides is 3. The number of aromatic nitrogens is 2. The molecule has 162 valence electrons. The number of anilines is 1. The quantitative estimate of drug-likeness (QED) is 0.581. The Kier molecular flexibility index (Phi) is 6.30. The number of benzene rings is 2. The number of nitrogens with zero attached hydrogens (tertiary/aromatic N) is 3. The zero-order chi connectivity index (χ0) is 22.8. The van der Waals surface area contributed by atoms with Gasteiger partial charge >= 0.3 is 6.18 Å². The summed E-state index contributed by atoms with van der Waals surface area (Å²) in [5.41, 5.74) is -0.787. The molecule has 1 heterocycles. The van der Waals surface area contributed by atoms with Crippen LogP contribution in [0.15, 0.2) is 54.7 Å². The SMILES string of the molecule is CN(CC(=O)Nc1ccc(Cl)c(C(F)(F)F)c1)C(=O)c1ccn(-c2cccc(F)c2)n1. The molecule has 0 saturated carbocycles. The van der Waals surface area contributed by atoms with Crippen LogP contribution >= 0.6 is 11.6 Å². The van der Waals surface area contributed by atoms with Crippen LogP contribution in [-0.4, -0.2) is 40.1 Å². The molecule has 0 radical (unpaired) electrons. The Morgan fingerprint density at radius 3 is 2.58 bits per heavy atom. The Balaban J connectivity index is 1.66. The van der Waals surface area contributed by atoms with Gasteiger partial charge in [-0.1, -0.05) is 17.7 Å². The van der Waals surface area contributed by atoms with Crippen LogP contribution in [0.4, 0.5) is 23.2 Å². The second-order valence-electron chi connectivity index (χ2n) is 6.53. The number of rotatable bonds is 5. The van der Waals surface area contributed by atoms with Gasteiger partial charge in [-0.25, -0.2) is 9.07 Å². The predicted molar refractivity (Wildman–Crippen MR) is 106 cm³/mol. The van der Waals surface area contributed by atoms with Crippen molar-refractivity contribution in [1.29, 1.82) is 0 Å². The highest BCUT2D eigenvalue weighted by atomic mass is 35.5. The molecule has 0 saturated heterocycles. The standard InChI is InChI=1S/C20H15ClF4N4O2/c1-28(11-18(30)26-13-5-6-16(21)15(10-13)20(23,24)25)19(31)17-7-8-29(27-17)14-4-2-3-12(22)9-14/h2-10H,11H2,1H3,(H,26,30). The molecular formula is C20H15ClF4N4O2. The van der Waals surface area contributed by atoms with Crippen molar-refractivity contribution < 1.29 is 27.2 Å². The van der Waals surface area contributed by atoms with E-state index in [0.29, 0.717) is 11.8 Å². The zero-order valence-electron chi connectivity index (χ0n) is 16.0. The van der Waals surface area contributed by atoms with Crippen LogP contribution in [0.2, 0.25) is 5.02 Å². The predicted octanol–water partition coefficient (Wildman–Crippen LogP) is 4.39. The second-order valence-corrected chi connectivity index (χ2v) is 6.93. The van der Waals surface area contributed by atoms with Gasteiger partial charge in [-0.15, -0.1) is 0 Å². The maximum absolute atomic E-state index is 13.4. The number of hydrogen-bond acceptors (Lipinski definition) is 3. The third kappa shape index (κ3) is 5.40. The molecule has 1 aromatic heterocycles. The van der Waals surface area contributed by atoms with E-state index in [0.717, 1.165) is 11.0 Å². The van der Waals surface area contributed by atoms with Crippen LogP contribution in [0.1, 0.15) is 16.1 Å². The molecule has 3 rings (SSSR count). The lowest BCUT2D eigenvalue weighted by Crippen LogP contribution is -2.35. The van der Waals surface area contributed by atoms with Gasteiger partial charge < -0.3 is 10.2 Å². The summed E-state index contributed by atoms with van der Waals surface area (Å²) in [4.78, 5) is 25.7. The van der Waals surface area contributed by atoms with Crippen molar-refractivity contribution in [2.45, 2.75) is 6.18 Å². The highest BCUT2D eigenvalue weighted by Crippen LogP contribution is 2.36. The van der Waals surface area contributed by atoms with Crippen LogP contribution in [0.25, 0.3) is 5.69 Å². The number of hydrogen-bond donors (Lipinski definition) is 1. The molecule has 11 heteroatoms. The first kappa shape index (κ1) is 22.3. The van der Waals surface area contributed by atoms with Gasteiger partial charge in [0.25, 0.3) is 5.91 Å². The highest BCUT2D eigenvalue weighted by Gasteiger charge is 2.33.